The minimum atomic E-state index is -3.03. The summed E-state index contributed by atoms with van der Waals surface area (Å²) >= 11 is 0. The Kier molecular flexibility index (Phi) is 6.84. The van der Waals surface area contributed by atoms with E-state index in [0.717, 1.165) is 27.6 Å². The number of rotatable bonds is 8. The van der Waals surface area contributed by atoms with E-state index in [1.165, 1.54) is 5.56 Å². The molecule has 170 valence electrons. The van der Waals surface area contributed by atoms with Crippen molar-refractivity contribution in [1.29, 1.82) is 0 Å². The maximum atomic E-state index is 12.2. The van der Waals surface area contributed by atoms with E-state index < -0.39 is 15.9 Å². The average Bonchev–Trinajstić information content (AvgIpc) is 3.14. The first-order valence-electron chi connectivity index (χ1n) is 11.1. The number of sulfone groups is 1. The van der Waals surface area contributed by atoms with Gasteiger partial charge in [-0.3, -0.25) is 4.90 Å². The van der Waals surface area contributed by atoms with E-state index in [1.807, 2.05) is 43.3 Å². The van der Waals surface area contributed by atoms with Crippen molar-refractivity contribution in [2.75, 3.05) is 24.7 Å². The number of ether oxygens (including phenoxy) is 1. The summed E-state index contributed by atoms with van der Waals surface area (Å²) in [5, 5.41) is 13.1. The molecule has 1 heterocycles. The highest BCUT2D eigenvalue weighted by Gasteiger charge is 2.33. The maximum absolute atomic E-state index is 12.2. The fraction of sp³-hybridized carbons (Fsp3) is 0.385. The quantitative estimate of drug-likeness (QED) is 0.561. The van der Waals surface area contributed by atoms with Crippen LogP contribution in [0.15, 0.2) is 60.7 Å². The van der Waals surface area contributed by atoms with E-state index in [2.05, 4.69) is 36.1 Å². The molecule has 0 aliphatic carbocycles. The number of hydrogen-bond donors (Lipinski definition) is 1. The number of aliphatic hydroxyl groups excluding tert-OH is 1. The molecule has 0 radical (unpaired) electrons. The van der Waals surface area contributed by atoms with E-state index in [1.54, 1.807) is 0 Å². The van der Waals surface area contributed by atoms with E-state index in [4.69, 9.17) is 4.74 Å². The molecule has 1 aliphatic heterocycles. The van der Waals surface area contributed by atoms with Crippen LogP contribution < -0.4 is 4.74 Å². The molecule has 3 aromatic rings. The Balaban J connectivity index is 1.49. The van der Waals surface area contributed by atoms with Crippen molar-refractivity contribution in [2.24, 2.45) is 0 Å². The zero-order valence-corrected chi connectivity index (χ0v) is 19.5. The number of aliphatic hydroxyl groups is 1. The van der Waals surface area contributed by atoms with Crippen LogP contribution in [-0.4, -0.2) is 55.2 Å². The molecule has 2 unspecified atom stereocenters. The first-order chi connectivity index (χ1) is 15.3. The van der Waals surface area contributed by atoms with Crippen LogP contribution in [0, 0.1) is 13.8 Å². The standard InChI is InChI=1S/C26H31NO4S/c1-19-10-11-25(14-20(19)2)31-17-24(28)16-27(23-12-13-32(29,30)18-23)15-22-8-5-7-21-6-3-4-9-26(21)22/h3-11,14,23-24,28H,12-13,15-18H2,1-2H3. The molecule has 2 atom stereocenters. The zero-order valence-electron chi connectivity index (χ0n) is 18.7. The van der Waals surface area contributed by atoms with Gasteiger partial charge in [-0.2, -0.15) is 0 Å². The molecule has 1 aliphatic rings. The molecule has 0 saturated carbocycles. The topological polar surface area (TPSA) is 66.8 Å². The average molecular weight is 454 g/mol. The van der Waals surface area contributed by atoms with E-state index >= 15 is 0 Å². The van der Waals surface area contributed by atoms with Crippen LogP contribution in [0.25, 0.3) is 10.8 Å². The molecular weight excluding hydrogens is 422 g/mol. The van der Waals surface area contributed by atoms with Crippen LogP contribution in [0.1, 0.15) is 23.1 Å². The van der Waals surface area contributed by atoms with Crippen LogP contribution in [0.3, 0.4) is 0 Å². The van der Waals surface area contributed by atoms with Gasteiger partial charge in [0.2, 0.25) is 0 Å². The fourth-order valence-electron chi connectivity index (χ4n) is 4.37. The summed E-state index contributed by atoms with van der Waals surface area (Å²) in [5.74, 6) is 1.08. The van der Waals surface area contributed by atoms with Crippen molar-refractivity contribution in [3.05, 3.63) is 77.4 Å². The molecule has 0 spiro atoms. The highest BCUT2D eigenvalue weighted by Crippen LogP contribution is 2.25. The number of aryl methyl sites for hydroxylation is 2. The Labute approximate surface area is 190 Å². The second kappa shape index (κ2) is 9.61. The van der Waals surface area contributed by atoms with Crippen molar-refractivity contribution in [3.63, 3.8) is 0 Å². The Bertz CT molecular complexity index is 1190. The highest BCUT2D eigenvalue weighted by atomic mass is 32.2. The normalized spacial score (nSPS) is 18.8. The van der Waals surface area contributed by atoms with Crippen LogP contribution in [0.5, 0.6) is 5.75 Å². The number of benzene rings is 3. The van der Waals surface area contributed by atoms with Gasteiger partial charge >= 0.3 is 0 Å². The maximum Gasteiger partial charge on any atom is 0.151 e. The largest absolute Gasteiger partial charge is 0.491 e. The van der Waals surface area contributed by atoms with Crippen molar-refractivity contribution >= 4 is 20.6 Å². The first kappa shape index (κ1) is 22.8. The van der Waals surface area contributed by atoms with E-state index in [0.29, 0.717) is 19.5 Å². The molecule has 0 aromatic heterocycles. The first-order valence-corrected chi connectivity index (χ1v) is 12.9. The molecule has 1 saturated heterocycles. The summed E-state index contributed by atoms with van der Waals surface area (Å²) < 4.78 is 30.1. The van der Waals surface area contributed by atoms with Crippen molar-refractivity contribution < 1.29 is 18.3 Å². The van der Waals surface area contributed by atoms with E-state index in [9.17, 15) is 13.5 Å². The number of nitrogens with zero attached hydrogens (tertiary/aromatic N) is 1. The molecular formula is C26H31NO4S. The van der Waals surface area contributed by atoms with Gasteiger partial charge in [0.25, 0.3) is 0 Å². The van der Waals surface area contributed by atoms with Gasteiger partial charge in [-0.05, 0) is 59.9 Å². The Morgan fingerprint density at radius 3 is 2.59 bits per heavy atom. The SMILES string of the molecule is Cc1ccc(OCC(O)CN(Cc2cccc3ccccc23)C2CCS(=O)(=O)C2)cc1C. The van der Waals surface area contributed by atoms with Crippen molar-refractivity contribution in [1.82, 2.24) is 4.90 Å². The summed E-state index contributed by atoms with van der Waals surface area (Å²) in [6.45, 7) is 5.18. The van der Waals surface area contributed by atoms with Crippen molar-refractivity contribution in [3.8, 4) is 5.75 Å². The lowest BCUT2D eigenvalue weighted by Crippen LogP contribution is -2.42. The molecule has 0 amide bonds. The molecule has 5 nitrogen and oxygen atoms in total. The summed E-state index contributed by atoms with van der Waals surface area (Å²) in [6, 6.07) is 20.2. The van der Waals surface area contributed by atoms with Gasteiger partial charge in [0, 0.05) is 19.1 Å². The third-order valence-corrected chi connectivity index (χ3v) is 8.09. The Morgan fingerprint density at radius 1 is 1.06 bits per heavy atom. The van der Waals surface area contributed by atoms with Crippen LogP contribution in [0.2, 0.25) is 0 Å². The van der Waals surface area contributed by atoms with Gasteiger partial charge in [-0.1, -0.05) is 48.5 Å². The highest BCUT2D eigenvalue weighted by molar-refractivity contribution is 7.91. The van der Waals surface area contributed by atoms with Gasteiger partial charge < -0.3 is 9.84 Å². The number of hydrogen-bond acceptors (Lipinski definition) is 5. The molecule has 0 bridgehead atoms. The lowest BCUT2D eigenvalue weighted by atomic mass is 10.0. The van der Waals surface area contributed by atoms with Gasteiger partial charge in [0.05, 0.1) is 11.5 Å². The van der Waals surface area contributed by atoms with Crippen molar-refractivity contribution in [2.45, 2.75) is 39.0 Å². The monoisotopic (exact) mass is 453 g/mol. The van der Waals surface area contributed by atoms with Gasteiger partial charge in [0.15, 0.2) is 9.84 Å². The number of fused-ring (bicyclic) bond motifs is 1. The van der Waals surface area contributed by atoms with Crippen LogP contribution >= 0.6 is 0 Å². The smallest absolute Gasteiger partial charge is 0.151 e. The Morgan fingerprint density at radius 2 is 1.84 bits per heavy atom. The van der Waals surface area contributed by atoms with Crippen LogP contribution in [0.4, 0.5) is 0 Å². The molecule has 4 rings (SSSR count). The molecule has 1 N–H and O–H groups in total. The third-order valence-electron chi connectivity index (χ3n) is 6.34. The summed E-state index contributed by atoms with van der Waals surface area (Å²) in [4.78, 5) is 2.11. The zero-order chi connectivity index (χ0) is 22.7. The van der Waals surface area contributed by atoms with Gasteiger partial charge in [0.1, 0.15) is 18.5 Å². The Hall–Kier alpha value is -2.41. The molecule has 3 aromatic carbocycles. The minimum absolute atomic E-state index is 0.102. The van der Waals surface area contributed by atoms with E-state index in [-0.39, 0.29) is 24.2 Å². The predicted molar refractivity (Wildman–Crippen MR) is 129 cm³/mol. The summed E-state index contributed by atoms with van der Waals surface area (Å²) in [5.41, 5.74) is 3.47. The van der Waals surface area contributed by atoms with Crippen LogP contribution in [-0.2, 0) is 16.4 Å². The minimum Gasteiger partial charge on any atom is -0.491 e. The fourth-order valence-corrected chi connectivity index (χ4v) is 6.14. The lowest BCUT2D eigenvalue weighted by Gasteiger charge is -2.30. The lowest BCUT2D eigenvalue weighted by molar-refractivity contribution is 0.0526. The van der Waals surface area contributed by atoms with Gasteiger partial charge in [-0.25, -0.2) is 8.42 Å². The second-order valence-corrected chi connectivity index (χ2v) is 11.1. The predicted octanol–water partition coefficient (Wildman–Crippen LogP) is 3.89. The molecule has 1 fully saturated rings. The third kappa shape index (κ3) is 5.49. The summed E-state index contributed by atoms with van der Waals surface area (Å²) in [6.07, 6.45) is -0.132. The molecule has 32 heavy (non-hydrogen) atoms. The summed E-state index contributed by atoms with van der Waals surface area (Å²) in [7, 11) is -3.03. The second-order valence-electron chi connectivity index (χ2n) is 8.84. The molecule has 6 heteroatoms. The van der Waals surface area contributed by atoms with Gasteiger partial charge in [-0.15, -0.1) is 0 Å².